The lowest BCUT2D eigenvalue weighted by molar-refractivity contribution is -0.117. The van der Waals surface area contributed by atoms with Gasteiger partial charge in [0.2, 0.25) is 11.8 Å². The molecule has 5 nitrogen and oxygen atoms in total. The molecule has 1 aliphatic carbocycles. The number of nitrogens with two attached hydrogens (primary N) is 1. The summed E-state index contributed by atoms with van der Waals surface area (Å²) in [7, 11) is 1.65. The molecule has 0 saturated heterocycles. The lowest BCUT2D eigenvalue weighted by Crippen LogP contribution is -2.34. The Morgan fingerprint density at radius 2 is 1.65 bits per heavy atom. The highest BCUT2D eigenvalue weighted by Gasteiger charge is 2.12. The van der Waals surface area contributed by atoms with Gasteiger partial charge < -0.3 is 15.8 Å². The van der Waals surface area contributed by atoms with Gasteiger partial charge in [-0.1, -0.05) is 50.8 Å². The van der Waals surface area contributed by atoms with E-state index in [0.29, 0.717) is 6.04 Å². The van der Waals surface area contributed by atoms with Crippen LogP contribution in [0.15, 0.2) is 43.0 Å². The van der Waals surface area contributed by atoms with Crippen LogP contribution < -0.4 is 15.8 Å². The molecule has 2 rings (SSSR count). The molecule has 1 aromatic rings. The number of primary amides is 1. The molecule has 1 saturated carbocycles. The van der Waals surface area contributed by atoms with Gasteiger partial charge in [-0.3, -0.25) is 9.59 Å². The summed E-state index contributed by atoms with van der Waals surface area (Å²) in [5.74, 6) is 0.354. The first kappa shape index (κ1) is 21.5. The van der Waals surface area contributed by atoms with Crippen molar-refractivity contribution < 1.29 is 14.3 Å². The van der Waals surface area contributed by atoms with Crippen molar-refractivity contribution in [1.29, 1.82) is 0 Å². The lowest BCUT2D eigenvalue weighted by Gasteiger charge is -2.20. The molecule has 1 fully saturated rings. The maximum atomic E-state index is 12.0. The Bertz CT molecular complexity index is 586. The van der Waals surface area contributed by atoms with Crippen molar-refractivity contribution in [2.45, 2.75) is 51.0 Å². The zero-order valence-corrected chi connectivity index (χ0v) is 15.6. The summed E-state index contributed by atoms with van der Waals surface area (Å²) in [5, 5.41) is 3.13. The van der Waals surface area contributed by atoms with E-state index < -0.39 is 5.91 Å². The van der Waals surface area contributed by atoms with Gasteiger partial charge in [0.1, 0.15) is 5.75 Å². The number of carbonyl (C=O) groups excluding carboxylic acids is 2. The van der Waals surface area contributed by atoms with Gasteiger partial charge in [0.25, 0.3) is 0 Å². The number of benzene rings is 1. The van der Waals surface area contributed by atoms with Crippen LogP contribution in [-0.4, -0.2) is 25.0 Å². The van der Waals surface area contributed by atoms with Crippen molar-refractivity contribution >= 4 is 17.9 Å². The highest BCUT2D eigenvalue weighted by atomic mass is 16.5. The normalized spacial score (nSPS) is 15.1. The van der Waals surface area contributed by atoms with E-state index in [1.807, 2.05) is 30.3 Å². The fraction of sp³-hybridized carbons (Fsp3) is 0.429. The maximum absolute atomic E-state index is 12.0. The molecule has 0 aliphatic heterocycles. The fourth-order valence-electron chi connectivity index (χ4n) is 2.74. The van der Waals surface area contributed by atoms with Crippen LogP contribution in [0.5, 0.6) is 5.75 Å². The summed E-state index contributed by atoms with van der Waals surface area (Å²) in [4.78, 5) is 21.5. The average Bonchev–Trinajstić information content (AvgIpc) is 2.63. The topological polar surface area (TPSA) is 81.4 Å². The summed E-state index contributed by atoms with van der Waals surface area (Å²) in [6, 6.07) is 8.02. The molecule has 26 heavy (non-hydrogen) atoms. The zero-order valence-electron chi connectivity index (χ0n) is 15.6. The van der Waals surface area contributed by atoms with Crippen LogP contribution in [0, 0.1) is 0 Å². The van der Waals surface area contributed by atoms with Crippen molar-refractivity contribution in [3.63, 3.8) is 0 Å². The van der Waals surface area contributed by atoms with E-state index in [4.69, 9.17) is 4.74 Å². The first-order valence-corrected chi connectivity index (χ1v) is 9.09. The van der Waals surface area contributed by atoms with E-state index in [-0.39, 0.29) is 5.91 Å². The Morgan fingerprint density at radius 3 is 2.15 bits per heavy atom. The molecule has 0 atom stereocenters. The standard InChI is InChI=1S/C18H25NO2.C3H5NO/c1-21-17-12-9-15(10-13-17)11-14-18(20)19-16-7-5-3-2-4-6-8-16;1-2-3(4)5/h9-14,16H,2-8H2,1H3,(H,19,20);2H,1H2,(H2,4,5). The minimum Gasteiger partial charge on any atom is -0.497 e. The van der Waals surface area contributed by atoms with Crippen molar-refractivity contribution in [2.75, 3.05) is 7.11 Å². The lowest BCUT2D eigenvalue weighted by atomic mass is 9.97. The highest BCUT2D eigenvalue weighted by molar-refractivity contribution is 5.91. The summed E-state index contributed by atoms with van der Waals surface area (Å²) < 4.78 is 5.11. The summed E-state index contributed by atoms with van der Waals surface area (Å²) in [5.41, 5.74) is 5.54. The van der Waals surface area contributed by atoms with Gasteiger partial charge in [-0.15, -0.1) is 0 Å². The van der Waals surface area contributed by atoms with E-state index in [2.05, 4.69) is 17.6 Å². The second-order valence-corrected chi connectivity index (χ2v) is 6.26. The van der Waals surface area contributed by atoms with Crippen LogP contribution >= 0.6 is 0 Å². The molecule has 2 amide bonds. The van der Waals surface area contributed by atoms with E-state index in [9.17, 15) is 9.59 Å². The van der Waals surface area contributed by atoms with Crippen LogP contribution in [0.1, 0.15) is 50.5 Å². The third-order valence-electron chi connectivity index (χ3n) is 4.20. The Kier molecular flexibility index (Phi) is 10.5. The molecule has 5 heteroatoms. The number of methoxy groups -OCH3 is 1. The second-order valence-electron chi connectivity index (χ2n) is 6.26. The van der Waals surface area contributed by atoms with Crippen LogP contribution in [0.2, 0.25) is 0 Å². The molecular weight excluding hydrogens is 328 g/mol. The predicted octanol–water partition coefficient (Wildman–Crippen LogP) is 3.60. The molecule has 0 radical (unpaired) electrons. The zero-order chi connectivity index (χ0) is 19.2. The smallest absolute Gasteiger partial charge is 0.244 e. The molecular formula is C21H30N2O3. The minimum atomic E-state index is -0.481. The quantitative estimate of drug-likeness (QED) is 0.789. The van der Waals surface area contributed by atoms with E-state index in [0.717, 1.165) is 30.2 Å². The molecule has 0 bridgehead atoms. The average molecular weight is 358 g/mol. The van der Waals surface area contributed by atoms with Crippen molar-refractivity contribution in [2.24, 2.45) is 5.73 Å². The van der Waals surface area contributed by atoms with E-state index in [1.165, 1.54) is 32.1 Å². The number of hydrogen-bond donors (Lipinski definition) is 2. The second kappa shape index (κ2) is 12.8. The van der Waals surface area contributed by atoms with Gasteiger partial charge >= 0.3 is 0 Å². The molecule has 1 aromatic carbocycles. The van der Waals surface area contributed by atoms with Gasteiger partial charge in [-0.25, -0.2) is 0 Å². The number of carbonyl (C=O) groups is 2. The number of nitrogens with one attached hydrogen (secondary N) is 1. The third-order valence-corrected chi connectivity index (χ3v) is 4.20. The van der Waals surface area contributed by atoms with E-state index in [1.54, 1.807) is 13.2 Å². The molecule has 0 aromatic heterocycles. The molecule has 0 spiro atoms. The first-order chi connectivity index (χ1) is 12.5. The molecule has 1 aliphatic rings. The van der Waals surface area contributed by atoms with Gasteiger partial charge in [0.05, 0.1) is 7.11 Å². The number of amides is 2. The van der Waals surface area contributed by atoms with Crippen LogP contribution in [0.25, 0.3) is 6.08 Å². The van der Waals surface area contributed by atoms with Gasteiger partial charge in [0, 0.05) is 12.1 Å². The molecule has 142 valence electrons. The SMILES string of the molecule is C=CC(N)=O.COc1ccc(C=CC(=O)NC2CCCCCCC2)cc1. The Balaban J connectivity index is 0.000000597. The van der Waals surface area contributed by atoms with Crippen LogP contribution in [0.3, 0.4) is 0 Å². The molecule has 0 heterocycles. The Hall–Kier alpha value is -2.56. The molecule has 3 N–H and O–H groups in total. The van der Waals surface area contributed by atoms with Crippen molar-refractivity contribution in [3.05, 3.63) is 48.6 Å². The monoisotopic (exact) mass is 358 g/mol. The number of hydrogen-bond acceptors (Lipinski definition) is 3. The van der Waals surface area contributed by atoms with Gasteiger partial charge in [-0.05, 0) is 42.7 Å². The van der Waals surface area contributed by atoms with Crippen LogP contribution in [-0.2, 0) is 9.59 Å². The van der Waals surface area contributed by atoms with Crippen LogP contribution in [0.4, 0.5) is 0 Å². The first-order valence-electron chi connectivity index (χ1n) is 9.09. The van der Waals surface area contributed by atoms with Crippen molar-refractivity contribution in [1.82, 2.24) is 5.32 Å². The van der Waals surface area contributed by atoms with Gasteiger partial charge in [-0.2, -0.15) is 0 Å². The largest absolute Gasteiger partial charge is 0.497 e. The number of ether oxygens (including phenoxy) is 1. The van der Waals surface area contributed by atoms with Gasteiger partial charge in [0.15, 0.2) is 0 Å². The summed E-state index contributed by atoms with van der Waals surface area (Å²) >= 11 is 0. The summed E-state index contributed by atoms with van der Waals surface area (Å²) in [6.45, 7) is 3.09. The molecule has 0 unspecified atom stereocenters. The Morgan fingerprint density at radius 1 is 1.12 bits per heavy atom. The minimum absolute atomic E-state index is 0.0105. The number of rotatable bonds is 5. The fourth-order valence-corrected chi connectivity index (χ4v) is 2.74. The highest BCUT2D eigenvalue weighted by Crippen LogP contribution is 2.17. The maximum Gasteiger partial charge on any atom is 0.244 e. The van der Waals surface area contributed by atoms with Crippen molar-refractivity contribution in [3.8, 4) is 5.75 Å². The summed E-state index contributed by atoms with van der Waals surface area (Å²) in [6.07, 6.45) is 13.2. The van der Waals surface area contributed by atoms with E-state index >= 15 is 0 Å². The Labute approximate surface area is 156 Å². The predicted molar refractivity (Wildman–Crippen MR) is 106 cm³/mol. The third kappa shape index (κ3) is 9.67.